The topological polar surface area (TPSA) is 15.8 Å². The van der Waals surface area contributed by atoms with Crippen LogP contribution in [0.2, 0.25) is 0 Å². The average molecular weight is 187 g/mol. The van der Waals surface area contributed by atoms with Crippen molar-refractivity contribution in [2.24, 2.45) is 0 Å². The van der Waals surface area contributed by atoms with Gasteiger partial charge < -0.3 is 6.41 Å². The molecule has 1 nitrogen and oxygen atoms in total. The molecule has 0 amide bonds. The molecular weight excluding hydrogens is 165 g/mol. The van der Waals surface area contributed by atoms with Crippen LogP contribution in [-0.2, 0) is 10.8 Å². The van der Waals surface area contributed by atoms with Crippen molar-refractivity contribution in [2.75, 3.05) is 0 Å². The first kappa shape index (κ1) is 13.9. The molecule has 14 heavy (non-hydrogen) atoms. The monoisotopic (exact) mass is 187 g/mol. The molecule has 0 saturated heterocycles. The summed E-state index contributed by atoms with van der Waals surface area (Å²) in [6, 6.07) is 4.39. The third-order valence-electron chi connectivity index (χ3n) is 2.30. The molecule has 0 saturated carbocycles. The van der Waals surface area contributed by atoms with Crippen molar-refractivity contribution in [3.8, 4) is 0 Å². The molecule has 0 aliphatic carbocycles. The van der Waals surface area contributed by atoms with E-state index in [2.05, 4.69) is 58.7 Å². The van der Waals surface area contributed by atoms with Gasteiger partial charge in [-0.1, -0.05) is 41.5 Å². The second-order valence-electron chi connectivity index (χ2n) is 5.79. The molecule has 0 aromatic carbocycles. The van der Waals surface area contributed by atoms with E-state index < -0.39 is 0 Å². The molecular formula is C12H22LiN. The van der Waals surface area contributed by atoms with Gasteiger partial charge in [0.2, 0.25) is 0 Å². The molecule has 0 atom stereocenters. The van der Waals surface area contributed by atoms with Crippen LogP contribution in [0, 0.1) is 0 Å². The van der Waals surface area contributed by atoms with E-state index in [-0.39, 0.29) is 31.1 Å². The third-order valence-corrected chi connectivity index (χ3v) is 2.30. The predicted octanol–water partition coefficient (Wildman–Crippen LogP) is 0.726. The van der Waals surface area contributed by atoms with E-state index in [0.717, 1.165) is 0 Å². The molecule has 1 heterocycles. The van der Waals surface area contributed by atoms with E-state index in [9.17, 15) is 0 Å². The Hall–Kier alpha value is -0.123. The Kier molecular flexibility index (Phi) is 4.13. The standard InChI is InChI=1S/C12H21N.Li.H/c1-11(2,3)9-7-8-10(13-9)12(4,5)6;;/h7-8,13H,1-6H3;;/q;+1;-1. The normalized spacial score (nSPS) is 12.4. The third kappa shape index (κ3) is 3.22. The van der Waals surface area contributed by atoms with Crippen LogP contribution in [-0.4, -0.2) is 4.98 Å². The van der Waals surface area contributed by atoms with Crippen LogP contribution in [0.25, 0.3) is 0 Å². The Morgan fingerprint density at radius 2 is 1.14 bits per heavy atom. The number of hydrogen-bond acceptors (Lipinski definition) is 0. The second-order valence-corrected chi connectivity index (χ2v) is 5.79. The summed E-state index contributed by atoms with van der Waals surface area (Å²) in [6.07, 6.45) is 0. The molecule has 76 valence electrons. The van der Waals surface area contributed by atoms with Gasteiger partial charge in [-0.25, -0.2) is 0 Å². The van der Waals surface area contributed by atoms with Gasteiger partial charge in [-0.05, 0) is 12.1 Å². The summed E-state index contributed by atoms with van der Waals surface area (Å²) in [4.78, 5) is 3.49. The first-order valence-corrected chi connectivity index (χ1v) is 4.91. The van der Waals surface area contributed by atoms with Gasteiger partial charge in [0.25, 0.3) is 0 Å². The Morgan fingerprint density at radius 1 is 0.857 bits per heavy atom. The van der Waals surface area contributed by atoms with Gasteiger partial charge in [-0.15, -0.1) is 0 Å². The zero-order valence-electron chi connectivity index (χ0n) is 11.7. The van der Waals surface area contributed by atoms with Crippen molar-refractivity contribution < 1.29 is 20.3 Å². The fourth-order valence-corrected chi connectivity index (χ4v) is 1.27. The number of H-pyrrole nitrogens is 1. The number of rotatable bonds is 0. The first-order chi connectivity index (χ1) is 5.71. The van der Waals surface area contributed by atoms with Crippen LogP contribution in [0.3, 0.4) is 0 Å². The number of aromatic amines is 1. The zero-order chi connectivity index (χ0) is 10.3. The van der Waals surface area contributed by atoms with Gasteiger partial charge in [-0.3, -0.25) is 0 Å². The van der Waals surface area contributed by atoms with Gasteiger partial charge in [0, 0.05) is 22.2 Å². The van der Waals surface area contributed by atoms with Crippen LogP contribution in [0.4, 0.5) is 0 Å². The van der Waals surface area contributed by atoms with Crippen molar-refractivity contribution in [2.45, 2.75) is 52.4 Å². The molecule has 0 fully saturated rings. The molecule has 0 aliphatic rings. The molecule has 1 aromatic heterocycles. The van der Waals surface area contributed by atoms with E-state index in [0.29, 0.717) is 0 Å². The molecule has 2 heteroatoms. The van der Waals surface area contributed by atoms with E-state index in [1.807, 2.05) is 0 Å². The minimum absolute atomic E-state index is 0. The van der Waals surface area contributed by atoms with Crippen LogP contribution < -0.4 is 18.9 Å². The maximum atomic E-state index is 3.49. The fraction of sp³-hybridized carbons (Fsp3) is 0.667. The van der Waals surface area contributed by atoms with E-state index >= 15 is 0 Å². The first-order valence-electron chi connectivity index (χ1n) is 4.91. The maximum absolute atomic E-state index is 3.49. The minimum atomic E-state index is 0. The van der Waals surface area contributed by atoms with Gasteiger partial charge in [-0.2, -0.15) is 0 Å². The van der Waals surface area contributed by atoms with Crippen LogP contribution in [0.1, 0.15) is 54.4 Å². The number of hydrogen-bond donors (Lipinski definition) is 1. The summed E-state index contributed by atoms with van der Waals surface area (Å²) < 4.78 is 0. The summed E-state index contributed by atoms with van der Waals surface area (Å²) in [6.45, 7) is 13.4. The largest absolute Gasteiger partial charge is 1.00 e. The molecule has 1 N–H and O–H groups in total. The second kappa shape index (κ2) is 4.17. The van der Waals surface area contributed by atoms with Crippen molar-refractivity contribution in [3.05, 3.63) is 23.5 Å². The van der Waals surface area contributed by atoms with E-state index in [4.69, 9.17) is 0 Å². The summed E-state index contributed by atoms with van der Waals surface area (Å²) in [5.41, 5.74) is 3.09. The Bertz CT molecular complexity index is 263. The Balaban J connectivity index is 0. The van der Waals surface area contributed by atoms with Crippen molar-refractivity contribution in [1.82, 2.24) is 4.98 Å². The van der Waals surface area contributed by atoms with Gasteiger partial charge >= 0.3 is 18.9 Å². The molecule has 0 bridgehead atoms. The quantitative estimate of drug-likeness (QED) is 0.576. The average Bonchev–Trinajstić information content (AvgIpc) is 2.28. The Labute approximate surface area is 101 Å². The summed E-state index contributed by atoms with van der Waals surface area (Å²) in [7, 11) is 0. The SMILES string of the molecule is CC(C)(C)c1ccc(C(C)(C)C)[nH]1.[H-].[Li+]. The fourth-order valence-electron chi connectivity index (χ4n) is 1.27. The van der Waals surface area contributed by atoms with Crippen LogP contribution in [0.15, 0.2) is 12.1 Å². The van der Waals surface area contributed by atoms with Gasteiger partial charge in [0.1, 0.15) is 0 Å². The summed E-state index contributed by atoms with van der Waals surface area (Å²) >= 11 is 0. The molecule has 1 rings (SSSR count). The van der Waals surface area contributed by atoms with E-state index in [1.165, 1.54) is 11.4 Å². The maximum Gasteiger partial charge on any atom is 1.00 e. The molecule has 0 spiro atoms. The van der Waals surface area contributed by atoms with Crippen molar-refractivity contribution >= 4 is 0 Å². The summed E-state index contributed by atoms with van der Waals surface area (Å²) in [5.74, 6) is 0. The number of aromatic nitrogens is 1. The van der Waals surface area contributed by atoms with E-state index in [1.54, 1.807) is 0 Å². The van der Waals surface area contributed by atoms with Gasteiger partial charge in [0.15, 0.2) is 0 Å². The zero-order valence-corrected chi connectivity index (χ0v) is 10.7. The van der Waals surface area contributed by atoms with Crippen LogP contribution in [0.5, 0.6) is 0 Å². The van der Waals surface area contributed by atoms with Crippen molar-refractivity contribution in [3.63, 3.8) is 0 Å². The smallest absolute Gasteiger partial charge is 1.00 e. The molecule has 1 aromatic rings. The molecule has 0 aliphatic heterocycles. The minimum Gasteiger partial charge on any atom is -1.00 e. The van der Waals surface area contributed by atoms with Crippen LogP contribution >= 0.6 is 0 Å². The molecule has 0 unspecified atom stereocenters. The van der Waals surface area contributed by atoms with Gasteiger partial charge in [0.05, 0.1) is 0 Å². The Morgan fingerprint density at radius 3 is 1.29 bits per heavy atom. The number of nitrogens with one attached hydrogen (secondary N) is 1. The van der Waals surface area contributed by atoms with Crippen molar-refractivity contribution in [1.29, 1.82) is 0 Å². The molecule has 0 radical (unpaired) electrons. The summed E-state index contributed by atoms with van der Waals surface area (Å²) in [5, 5.41) is 0. The predicted molar refractivity (Wildman–Crippen MR) is 59.3 cm³/mol.